The van der Waals surface area contributed by atoms with Gasteiger partial charge in [-0.3, -0.25) is 9.63 Å². The second-order valence-electron chi connectivity index (χ2n) is 8.69. The second kappa shape index (κ2) is 7.83. The van der Waals surface area contributed by atoms with Crippen LogP contribution in [0.4, 0.5) is 17.6 Å². The van der Waals surface area contributed by atoms with Crippen molar-refractivity contribution >= 4 is 40.8 Å². The van der Waals surface area contributed by atoms with Gasteiger partial charge >= 0.3 is 17.7 Å². The number of nitrogens with zero attached hydrogens (tertiary/aromatic N) is 1. The molecule has 12 heteroatoms. The van der Waals surface area contributed by atoms with Gasteiger partial charge in [0.1, 0.15) is 0 Å². The number of benzene rings is 2. The van der Waals surface area contributed by atoms with Gasteiger partial charge in [0.2, 0.25) is 11.6 Å². The van der Waals surface area contributed by atoms with Gasteiger partial charge in [0.05, 0.1) is 35.1 Å². The molecule has 1 spiro atoms. The maximum absolute atomic E-state index is 14.3. The Kier molecular flexibility index (Phi) is 5.34. The van der Waals surface area contributed by atoms with E-state index >= 15 is 0 Å². The standard InChI is InChI=1S/C23H16Cl2F4N2O4/c1-2-18(32)31-9-21(10-31)14-4-3-11(5-13(14)20(33)34-21)17-8-22(35-30-17,23(27,28)29)12-6-15(24)19(26)16(25)7-12/h3-7H,2,8-10H2,1H3/p+1. The second-order valence-corrected chi connectivity index (χ2v) is 9.50. The van der Waals surface area contributed by atoms with E-state index in [-0.39, 0.29) is 35.8 Å². The molecule has 2 aromatic carbocycles. The zero-order valence-electron chi connectivity index (χ0n) is 18.1. The Hall–Kier alpha value is -2.85. The molecule has 6 nitrogen and oxygen atoms in total. The highest BCUT2D eigenvalue weighted by Gasteiger charge is 2.66. The summed E-state index contributed by atoms with van der Waals surface area (Å²) in [6.45, 7) is 2.18. The third kappa shape index (κ3) is 3.48. The summed E-state index contributed by atoms with van der Waals surface area (Å²) in [7, 11) is 0. The van der Waals surface area contributed by atoms with Crippen molar-refractivity contribution in [1.29, 1.82) is 0 Å². The van der Waals surface area contributed by atoms with Crippen LogP contribution in [0.2, 0.25) is 10.0 Å². The smallest absolute Gasteiger partial charge is 0.440 e. The molecule has 0 aromatic heterocycles. The number of esters is 1. The Bertz CT molecular complexity index is 1280. The van der Waals surface area contributed by atoms with E-state index in [2.05, 4.69) is 5.16 Å². The Balaban J connectivity index is 1.46. The summed E-state index contributed by atoms with van der Waals surface area (Å²) in [5.41, 5.74) is -3.20. The maximum atomic E-state index is 14.3. The molecule has 5 rings (SSSR count). The number of amides is 1. The highest BCUT2D eigenvalue weighted by molar-refractivity contribution is 6.35. The molecule has 0 bridgehead atoms. The molecule has 184 valence electrons. The Labute approximate surface area is 206 Å². The first-order valence-corrected chi connectivity index (χ1v) is 11.3. The van der Waals surface area contributed by atoms with Crippen LogP contribution in [0.5, 0.6) is 0 Å². The average Bonchev–Trinajstić information content (AvgIpc) is 3.36. The predicted octanol–water partition coefficient (Wildman–Crippen LogP) is 3.41. The lowest BCUT2D eigenvalue weighted by Gasteiger charge is -2.46. The van der Waals surface area contributed by atoms with Gasteiger partial charge in [-0.2, -0.15) is 13.2 Å². The molecule has 3 heterocycles. The van der Waals surface area contributed by atoms with Gasteiger partial charge in [-0.25, -0.2) is 9.18 Å². The summed E-state index contributed by atoms with van der Waals surface area (Å²) in [5.74, 6) is -1.72. The molecule has 1 fully saturated rings. The molecule has 1 atom stereocenters. The maximum Gasteiger partial charge on any atom is 0.440 e. The van der Waals surface area contributed by atoms with Crippen LogP contribution in [0.1, 0.15) is 46.8 Å². The third-order valence-electron chi connectivity index (χ3n) is 6.60. The number of ether oxygens (including phenoxy) is 1. The topological polar surface area (TPSA) is 69.8 Å². The number of hydrogen-bond acceptors (Lipinski definition) is 4. The highest BCUT2D eigenvalue weighted by Crippen LogP contribution is 2.48. The summed E-state index contributed by atoms with van der Waals surface area (Å²) >= 11 is 11.5. The molecular weight excluding hydrogens is 515 g/mol. The average molecular weight is 532 g/mol. The molecule has 1 saturated heterocycles. The highest BCUT2D eigenvalue weighted by atomic mass is 35.5. The van der Waals surface area contributed by atoms with Gasteiger partial charge in [0.15, 0.2) is 11.4 Å². The minimum absolute atomic E-state index is 0.0480. The molecule has 3 aliphatic rings. The first-order valence-electron chi connectivity index (χ1n) is 10.6. The normalized spacial score (nSPS) is 22.4. The molecule has 1 N–H and O–H groups in total. The lowest BCUT2D eigenvalue weighted by molar-refractivity contribution is -0.776. The van der Waals surface area contributed by atoms with E-state index in [1.807, 2.05) is 0 Å². The van der Waals surface area contributed by atoms with Crippen molar-refractivity contribution in [2.24, 2.45) is 0 Å². The molecule has 0 saturated carbocycles. The first-order chi connectivity index (χ1) is 16.4. The summed E-state index contributed by atoms with van der Waals surface area (Å²) in [6.07, 6.45) is -5.30. The van der Waals surface area contributed by atoms with E-state index < -0.39 is 51.2 Å². The van der Waals surface area contributed by atoms with E-state index in [4.69, 9.17) is 32.8 Å². The lowest BCUT2D eigenvalue weighted by Crippen LogP contribution is -2.70. The van der Waals surface area contributed by atoms with Crippen molar-refractivity contribution in [3.63, 3.8) is 0 Å². The van der Waals surface area contributed by atoms with Crippen LogP contribution in [-0.2, 0) is 25.6 Å². The molecule has 0 aliphatic carbocycles. The fourth-order valence-corrected chi connectivity index (χ4v) is 5.18. The van der Waals surface area contributed by atoms with E-state index in [0.717, 1.165) is 12.1 Å². The summed E-state index contributed by atoms with van der Waals surface area (Å²) in [6, 6.07) is 6.24. The van der Waals surface area contributed by atoms with E-state index in [1.54, 1.807) is 24.0 Å². The Morgan fingerprint density at radius 2 is 1.83 bits per heavy atom. The number of alkyl halides is 3. The molecule has 0 radical (unpaired) electrons. The fourth-order valence-electron chi connectivity index (χ4n) is 4.69. The summed E-state index contributed by atoms with van der Waals surface area (Å²) in [4.78, 5) is 31.1. The molecule has 3 aliphatic heterocycles. The number of nitrogens with one attached hydrogen (secondary N) is 1. The molecule has 1 unspecified atom stereocenters. The predicted molar refractivity (Wildman–Crippen MR) is 115 cm³/mol. The number of rotatable bonds is 3. The van der Waals surface area contributed by atoms with E-state index in [0.29, 0.717) is 12.0 Å². The SMILES string of the molecule is CCC(=O)N1CC2(C1)OC(=O)c1cc(C3=[NH+]OC(c4cc(Cl)c(F)c(Cl)c4)(C(F)(F)F)C3)ccc12. The zero-order valence-corrected chi connectivity index (χ0v) is 19.6. The number of halogens is 6. The van der Waals surface area contributed by atoms with E-state index in [9.17, 15) is 27.2 Å². The van der Waals surface area contributed by atoms with Crippen LogP contribution < -0.4 is 5.16 Å². The van der Waals surface area contributed by atoms with Crippen molar-refractivity contribution in [2.45, 2.75) is 37.1 Å². The largest absolute Gasteiger partial charge is 0.447 e. The van der Waals surface area contributed by atoms with E-state index in [1.165, 1.54) is 6.07 Å². The van der Waals surface area contributed by atoms with Crippen LogP contribution in [0, 0.1) is 5.82 Å². The summed E-state index contributed by atoms with van der Waals surface area (Å²) in [5, 5.41) is 1.17. The number of carbonyl (C=O) groups excluding carboxylic acids is 2. The van der Waals surface area contributed by atoms with Gasteiger partial charge in [-0.05, 0) is 29.4 Å². The minimum Gasteiger partial charge on any atom is -0.447 e. The molecule has 2 aromatic rings. The first kappa shape index (κ1) is 23.9. The monoisotopic (exact) mass is 531 g/mol. The van der Waals surface area contributed by atoms with Gasteiger partial charge in [-0.15, -0.1) is 0 Å². The zero-order chi connectivity index (χ0) is 25.3. The van der Waals surface area contributed by atoms with Crippen LogP contribution in [-0.4, -0.2) is 41.8 Å². The van der Waals surface area contributed by atoms with Gasteiger partial charge in [0, 0.05) is 23.1 Å². The minimum atomic E-state index is -4.92. The van der Waals surface area contributed by atoms with Crippen LogP contribution >= 0.6 is 23.2 Å². The number of fused-ring (bicyclic) bond motifs is 2. The van der Waals surface area contributed by atoms with Gasteiger partial charge < -0.3 is 9.64 Å². The van der Waals surface area contributed by atoms with Gasteiger partial charge in [0.25, 0.3) is 0 Å². The van der Waals surface area contributed by atoms with Crippen LogP contribution in [0.15, 0.2) is 30.3 Å². The van der Waals surface area contributed by atoms with Crippen LogP contribution in [0.3, 0.4) is 0 Å². The quantitative estimate of drug-likeness (QED) is 0.374. The molecule has 35 heavy (non-hydrogen) atoms. The molecular formula is C23H17Cl2F4N2O4+. The van der Waals surface area contributed by atoms with Crippen molar-refractivity contribution in [3.05, 3.63) is 68.4 Å². The fraction of sp³-hybridized carbons (Fsp3) is 0.348. The van der Waals surface area contributed by atoms with Gasteiger partial charge in [-0.1, -0.05) is 36.2 Å². The summed E-state index contributed by atoms with van der Waals surface area (Å²) < 4.78 is 62.2. The third-order valence-corrected chi connectivity index (χ3v) is 7.15. The number of hydrogen-bond donors (Lipinski definition) is 1. The molecule has 1 amide bonds. The van der Waals surface area contributed by atoms with Crippen molar-refractivity contribution in [1.82, 2.24) is 4.90 Å². The number of likely N-dealkylation sites (tertiary alicyclic amines) is 1. The van der Waals surface area contributed by atoms with Crippen molar-refractivity contribution < 1.29 is 41.9 Å². The van der Waals surface area contributed by atoms with Crippen molar-refractivity contribution in [2.75, 3.05) is 13.1 Å². The lowest BCUT2D eigenvalue weighted by atomic mass is 9.83. The van der Waals surface area contributed by atoms with Crippen molar-refractivity contribution in [3.8, 4) is 0 Å². The Morgan fingerprint density at radius 3 is 2.43 bits per heavy atom. The number of carbonyl (C=O) groups is 2. The van der Waals surface area contributed by atoms with Crippen LogP contribution in [0.25, 0.3) is 0 Å². The Morgan fingerprint density at radius 1 is 1.17 bits per heavy atom.